The van der Waals surface area contributed by atoms with E-state index in [1.807, 2.05) is 36.4 Å². The van der Waals surface area contributed by atoms with Gasteiger partial charge in [-0.05, 0) is 55.0 Å². The van der Waals surface area contributed by atoms with Crippen LogP contribution in [-0.2, 0) is 0 Å². The number of rotatable bonds is 6. The van der Waals surface area contributed by atoms with Gasteiger partial charge in [0.25, 0.3) is 5.91 Å². The van der Waals surface area contributed by atoms with Gasteiger partial charge in [-0.3, -0.25) is 14.9 Å². The maximum absolute atomic E-state index is 13.2. The number of aromatic nitrogens is 1. The number of hydrogen-bond acceptors (Lipinski definition) is 5. The summed E-state index contributed by atoms with van der Waals surface area (Å²) in [4.78, 5) is 42.3. The van der Waals surface area contributed by atoms with Gasteiger partial charge < -0.3 is 10.1 Å². The molecule has 0 aliphatic rings. The van der Waals surface area contributed by atoms with Crippen LogP contribution in [-0.4, -0.2) is 29.8 Å². The number of urea groups is 1. The Morgan fingerprint density at radius 3 is 2.37 bits per heavy atom. The van der Waals surface area contributed by atoms with Crippen molar-refractivity contribution in [2.45, 2.75) is 6.92 Å². The second-order valence-electron chi connectivity index (χ2n) is 7.74. The molecule has 0 aliphatic heterocycles. The highest BCUT2D eigenvalue weighted by Crippen LogP contribution is 2.24. The summed E-state index contributed by atoms with van der Waals surface area (Å²) in [6, 6.07) is 22.4. The number of nitrogens with zero attached hydrogens (tertiary/aromatic N) is 1. The Morgan fingerprint density at radius 2 is 1.63 bits per heavy atom. The molecular weight excluding hydrogens is 442 g/mol. The summed E-state index contributed by atoms with van der Waals surface area (Å²) in [5.41, 5.74) is 3.13. The molecular formula is C28H23N3O4. The van der Waals surface area contributed by atoms with Crippen LogP contribution < -0.4 is 15.4 Å². The smallest absolute Gasteiger partial charge is 0.326 e. The van der Waals surface area contributed by atoms with Crippen molar-refractivity contribution < 1.29 is 19.1 Å². The highest BCUT2D eigenvalue weighted by atomic mass is 16.5. The van der Waals surface area contributed by atoms with Crippen molar-refractivity contribution in [3.63, 3.8) is 0 Å². The molecule has 4 rings (SSSR count). The van der Waals surface area contributed by atoms with Gasteiger partial charge in [-0.15, -0.1) is 0 Å². The lowest BCUT2D eigenvalue weighted by Gasteiger charge is -2.12. The predicted octanol–water partition coefficient (Wildman–Crippen LogP) is 5.58. The summed E-state index contributed by atoms with van der Waals surface area (Å²) in [6.07, 6.45) is 3.67. The molecule has 35 heavy (non-hydrogen) atoms. The van der Waals surface area contributed by atoms with E-state index in [2.05, 4.69) is 15.6 Å². The van der Waals surface area contributed by atoms with Crippen LogP contribution >= 0.6 is 0 Å². The molecule has 0 atom stereocenters. The number of hydrogen-bond donors (Lipinski definition) is 2. The first kappa shape index (κ1) is 23.4. The van der Waals surface area contributed by atoms with Gasteiger partial charge >= 0.3 is 6.03 Å². The zero-order chi connectivity index (χ0) is 24.8. The fourth-order valence-corrected chi connectivity index (χ4v) is 3.56. The van der Waals surface area contributed by atoms with E-state index in [0.29, 0.717) is 33.6 Å². The van der Waals surface area contributed by atoms with Crippen LogP contribution in [0.4, 0.5) is 10.5 Å². The molecule has 0 bridgehead atoms. The first-order valence-corrected chi connectivity index (χ1v) is 10.9. The highest BCUT2D eigenvalue weighted by molar-refractivity contribution is 6.14. The van der Waals surface area contributed by atoms with E-state index in [9.17, 15) is 14.4 Å². The zero-order valence-electron chi connectivity index (χ0n) is 19.2. The lowest BCUT2D eigenvalue weighted by molar-refractivity contribution is 0.0966. The first-order valence-electron chi connectivity index (χ1n) is 10.9. The van der Waals surface area contributed by atoms with Crippen molar-refractivity contribution in [1.82, 2.24) is 10.3 Å². The average Bonchev–Trinajstić information content (AvgIpc) is 2.87. The van der Waals surface area contributed by atoms with E-state index in [0.717, 1.165) is 5.56 Å². The normalized spacial score (nSPS) is 10.8. The van der Waals surface area contributed by atoms with Gasteiger partial charge in [-0.25, -0.2) is 9.78 Å². The lowest BCUT2D eigenvalue weighted by Crippen LogP contribution is -2.34. The van der Waals surface area contributed by atoms with E-state index in [4.69, 9.17) is 4.74 Å². The maximum atomic E-state index is 13.2. The van der Waals surface area contributed by atoms with Crippen LogP contribution in [0.25, 0.3) is 23.1 Å². The third-order valence-corrected chi connectivity index (χ3v) is 5.31. The maximum Gasteiger partial charge on any atom is 0.326 e. The highest BCUT2D eigenvalue weighted by Gasteiger charge is 2.17. The number of methoxy groups -OCH3 is 1. The monoisotopic (exact) mass is 465 g/mol. The number of anilines is 1. The Bertz CT molecular complexity index is 1450. The van der Waals surface area contributed by atoms with Crippen LogP contribution in [0, 0.1) is 0 Å². The average molecular weight is 466 g/mol. The number of imide groups is 1. The van der Waals surface area contributed by atoms with Gasteiger partial charge in [0.15, 0.2) is 5.78 Å². The fraction of sp³-hybridized carbons (Fsp3) is 0.0714. The van der Waals surface area contributed by atoms with E-state index < -0.39 is 11.9 Å². The molecule has 7 nitrogen and oxygen atoms in total. The summed E-state index contributed by atoms with van der Waals surface area (Å²) in [5, 5.41) is 5.45. The molecule has 1 heterocycles. The van der Waals surface area contributed by atoms with E-state index in [-0.39, 0.29) is 11.3 Å². The molecule has 1 aromatic heterocycles. The molecule has 2 N–H and O–H groups in total. The predicted molar refractivity (Wildman–Crippen MR) is 137 cm³/mol. The van der Waals surface area contributed by atoms with Crippen molar-refractivity contribution >= 4 is 46.5 Å². The minimum atomic E-state index is -0.714. The number of pyridine rings is 1. The van der Waals surface area contributed by atoms with Crippen molar-refractivity contribution in [1.29, 1.82) is 0 Å². The van der Waals surface area contributed by atoms with Crippen molar-refractivity contribution in [3.8, 4) is 5.75 Å². The Balaban J connectivity index is 1.68. The summed E-state index contributed by atoms with van der Waals surface area (Å²) < 4.78 is 5.23. The Morgan fingerprint density at radius 1 is 0.886 bits per heavy atom. The van der Waals surface area contributed by atoms with Gasteiger partial charge in [-0.2, -0.15) is 0 Å². The molecule has 0 spiro atoms. The number of fused-ring (bicyclic) bond motifs is 1. The molecule has 0 radical (unpaired) electrons. The summed E-state index contributed by atoms with van der Waals surface area (Å²) in [7, 11) is 1.49. The summed E-state index contributed by atoms with van der Waals surface area (Å²) >= 11 is 0. The van der Waals surface area contributed by atoms with Crippen LogP contribution in [0.5, 0.6) is 5.75 Å². The Kier molecular flexibility index (Phi) is 6.97. The van der Waals surface area contributed by atoms with Crippen LogP contribution in [0.3, 0.4) is 0 Å². The van der Waals surface area contributed by atoms with Crippen molar-refractivity contribution in [2.75, 3.05) is 12.4 Å². The van der Waals surface area contributed by atoms with Crippen LogP contribution in [0.2, 0.25) is 0 Å². The van der Waals surface area contributed by atoms with Gasteiger partial charge in [0, 0.05) is 10.9 Å². The van der Waals surface area contributed by atoms with E-state index in [1.165, 1.54) is 14.0 Å². The molecule has 4 aromatic rings. The molecule has 0 saturated carbocycles. The standard InChI is InChI=1S/C28H23N3O4/c1-18(32)20-13-15-24-22(16-20)23(17-21(29-24)14-12-19-8-4-3-5-9-19)27(33)31-28(34)30-25-10-6-7-11-26(25)35-2/h3-17H,1-2H3,(H2,30,31,33,34)/b14-12+. The van der Waals surface area contributed by atoms with E-state index >= 15 is 0 Å². The molecule has 3 amide bonds. The number of benzene rings is 3. The van der Waals surface area contributed by atoms with Gasteiger partial charge in [0.2, 0.25) is 0 Å². The fourth-order valence-electron chi connectivity index (χ4n) is 3.56. The second kappa shape index (κ2) is 10.4. The third-order valence-electron chi connectivity index (χ3n) is 5.31. The quantitative estimate of drug-likeness (QED) is 0.363. The van der Waals surface area contributed by atoms with Crippen LogP contribution in [0.1, 0.15) is 38.9 Å². The summed E-state index contributed by atoms with van der Waals surface area (Å²) in [6.45, 7) is 1.45. The number of nitrogens with one attached hydrogen (secondary N) is 2. The molecule has 7 heteroatoms. The number of ketones is 1. The SMILES string of the molecule is COc1ccccc1NC(=O)NC(=O)c1cc(/C=C/c2ccccc2)nc2ccc(C(C)=O)cc12. The van der Waals surface area contributed by atoms with Crippen molar-refractivity contribution in [3.05, 3.63) is 101 Å². The molecule has 3 aromatic carbocycles. The largest absolute Gasteiger partial charge is 0.495 e. The number of carbonyl (C=O) groups excluding carboxylic acids is 3. The van der Waals surface area contributed by atoms with Gasteiger partial charge in [-0.1, -0.05) is 48.5 Å². The molecule has 174 valence electrons. The van der Waals surface area contributed by atoms with Gasteiger partial charge in [0.1, 0.15) is 5.75 Å². The minimum Gasteiger partial charge on any atom is -0.495 e. The Labute approximate surface area is 202 Å². The van der Waals surface area contributed by atoms with Gasteiger partial charge in [0.05, 0.1) is 29.6 Å². The number of carbonyl (C=O) groups is 3. The van der Waals surface area contributed by atoms with Crippen molar-refractivity contribution in [2.24, 2.45) is 0 Å². The minimum absolute atomic E-state index is 0.139. The topological polar surface area (TPSA) is 97.4 Å². The molecule has 0 saturated heterocycles. The number of para-hydroxylation sites is 2. The summed E-state index contributed by atoms with van der Waals surface area (Å²) in [5.74, 6) is -0.302. The van der Waals surface area contributed by atoms with E-state index in [1.54, 1.807) is 54.6 Å². The third kappa shape index (κ3) is 5.59. The molecule has 0 fully saturated rings. The molecule has 0 unspecified atom stereocenters. The Hall–Kier alpha value is -4.78. The lowest BCUT2D eigenvalue weighted by atomic mass is 10.0. The molecule has 0 aliphatic carbocycles. The van der Waals surface area contributed by atoms with Crippen LogP contribution in [0.15, 0.2) is 78.9 Å². The number of amides is 3. The number of ether oxygens (including phenoxy) is 1. The number of Topliss-reactive ketones (excluding diaryl/α,β-unsaturated/α-hetero) is 1. The first-order chi connectivity index (χ1) is 16.9. The zero-order valence-corrected chi connectivity index (χ0v) is 19.2. The second-order valence-corrected chi connectivity index (χ2v) is 7.74.